The fraction of sp³-hybridized carbons (Fsp3) is 0.167. The van der Waals surface area contributed by atoms with Gasteiger partial charge in [-0.15, -0.1) is 0 Å². The number of hydrogen-bond donors (Lipinski definition) is 0. The average molecular weight is 264 g/mol. The van der Waals surface area contributed by atoms with Crippen LogP contribution < -0.4 is 9.30 Å². The molecule has 2 nitrogen and oxygen atoms in total. The number of ether oxygens (including phenoxy) is 1. The molecule has 0 saturated carbocycles. The van der Waals surface area contributed by atoms with Gasteiger partial charge in [0.2, 0.25) is 11.2 Å². The molecule has 0 saturated heterocycles. The standard InChI is InChI=1S/C18H18NO/c1-13-8-10-15(20-3)12-16(13)18-11-9-14-6-4-5-7-17(14)19(18)2/h4-12H,1-3H3/q+1. The van der Waals surface area contributed by atoms with Crippen LogP contribution in [-0.2, 0) is 7.05 Å². The number of aromatic nitrogens is 1. The Hall–Kier alpha value is -2.35. The van der Waals surface area contributed by atoms with Crippen molar-refractivity contribution < 1.29 is 9.30 Å². The van der Waals surface area contributed by atoms with Crippen LogP contribution in [0.5, 0.6) is 5.75 Å². The normalized spacial score (nSPS) is 10.8. The van der Waals surface area contributed by atoms with Gasteiger partial charge in [0.05, 0.1) is 12.7 Å². The van der Waals surface area contributed by atoms with E-state index in [1.54, 1.807) is 7.11 Å². The van der Waals surface area contributed by atoms with Gasteiger partial charge in [-0.1, -0.05) is 18.2 Å². The summed E-state index contributed by atoms with van der Waals surface area (Å²) in [5, 5.41) is 1.25. The third-order valence-electron chi connectivity index (χ3n) is 3.80. The number of benzene rings is 2. The minimum absolute atomic E-state index is 0.888. The highest BCUT2D eigenvalue weighted by atomic mass is 16.5. The van der Waals surface area contributed by atoms with E-state index in [4.69, 9.17) is 4.74 Å². The van der Waals surface area contributed by atoms with Gasteiger partial charge in [0.25, 0.3) is 0 Å². The summed E-state index contributed by atoms with van der Waals surface area (Å²) in [7, 11) is 3.81. The molecule has 1 aromatic heterocycles. The Morgan fingerprint density at radius 1 is 0.950 bits per heavy atom. The lowest BCUT2D eigenvalue weighted by Crippen LogP contribution is -2.32. The summed E-state index contributed by atoms with van der Waals surface area (Å²) in [6.07, 6.45) is 0. The van der Waals surface area contributed by atoms with Crippen molar-refractivity contribution in [2.75, 3.05) is 7.11 Å². The van der Waals surface area contributed by atoms with E-state index in [9.17, 15) is 0 Å². The number of hydrogen-bond acceptors (Lipinski definition) is 1. The zero-order chi connectivity index (χ0) is 14.1. The van der Waals surface area contributed by atoms with Crippen molar-refractivity contribution in [1.82, 2.24) is 0 Å². The van der Waals surface area contributed by atoms with E-state index in [1.165, 1.54) is 27.7 Å². The van der Waals surface area contributed by atoms with Crippen LogP contribution in [0, 0.1) is 6.92 Å². The maximum absolute atomic E-state index is 5.35. The topological polar surface area (TPSA) is 13.1 Å². The molecule has 0 atom stereocenters. The number of aryl methyl sites for hydroxylation is 2. The zero-order valence-corrected chi connectivity index (χ0v) is 12.1. The van der Waals surface area contributed by atoms with E-state index in [2.05, 4.69) is 67.1 Å². The third kappa shape index (κ3) is 2.03. The minimum Gasteiger partial charge on any atom is -0.497 e. The molecule has 0 N–H and O–H groups in total. The molecular weight excluding hydrogens is 246 g/mol. The van der Waals surface area contributed by atoms with Crippen molar-refractivity contribution in [2.24, 2.45) is 7.05 Å². The Balaban J connectivity index is 2.27. The van der Waals surface area contributed by atoms with Crippen LogP contribution in [0.2, 0.25) is 0 Å². The Kier molecular flexibility index (Phi) is 3.15. The molecule has 2 aromatic carbocycles. The van der Waals surface area contributed by atoms with Crippen LogP contribution in [0.1, 0.15) is 5.56 Å². The monoisotopic (exact) mass is 264 g/mol. The van der Waals surface area contributed by atoms with Crippen LogP contribution in [-0.4, -0.2) is 7.11 Å². The van der Waals surface area contributed by atoms with Crippen molar-refractivity contribution in [3.8, 4) is 17.0 Å². The summed E-state index contributed by atoms with van der Waals surface area (Å²) in [5.41, 5.74) is 4.88. The molecule has 100 valence electrons. The summed E-state index contributed by atoms with van der Waals surface area (Å²) >= 11 is 0. The Bertz CT molecular complexity index is 777. The predicted octanol–water partition coefficient (Wildman–Crippen LogP) is 3.65. The van der Waals surface area contributed by atoms with E-state index in [0.29, 0.717) is 0 Å². The summed E-state index contributed by atoms with van der Waals surface area (Å²) in [6.45, 7) is 2.13. The molecule has 0 spiro atoms. The Labute approximate surface area is 119 Å². The lowest BCUT2D eigenvalue weighted by atomic mass is 10.0. The number of para-hydroxylation sites is 1. The van der Waals surface area contributed by atoms with Crippen molar-refractivity contribution >= 4 is 10.9 Å². The summed E-state index contributed by atoms with van der Waals surface area (Å²) < 4.78 is 7.58. The number of fused-ring (bicyclic) bond motifs is 1. The van der Waals surface area contributed by atoms with Gasteiger partial charge in [0, 0.05) is 17.5 Å². The van der Waals surface area contributed by atoms with E-state index >= 15 is 0 Å². The molecule has 0 fully saturated rings. The Morgan fingerprint density at radius 2 is 1.75 bits per heavy atom. The minimum atomic E-state index is 0.888. The van der Waals surface area contributed by atoms with Crippen LogP contribution in [0.3, 0.4) is 0 Å². The average Bonchev–Trinajstić information content (AvgIpc) is 2.49. The van der Waals surface area contributed by atoms with Crippen molar-refractivity contribution in [1.29, 1.82) is 0 Å². The fourth-order valence-electron chi connectivity index (χ4n) is 2.62. The molecule has 3 rings (SSSR count). The first kappa shape index (κ1) is 12.7. The molecule has 20 heavy (non-hydrogen) atoms. The van der Waals surface area contributed by atoms with Crippen molar-refractivity contribution in [2.45, 2.75) is 6.92 Å². The van der Waals surface area contributed by atoms with Crippen molar-refractivity contribution in [3.63, 3.8) is 0 Å². The zero-order valence-electron chi connectivity index (χ0n) is 12.1. The first-order chi connectivity index (χ1) is 9.70. The van der Waals surface area contributed by atoms with Crippen LogP contribution >= 0.6 is 0 Å². The third-order valence-corrected chi connectivity index (χ3v) is 3.80. The van der Waals surface area contributed by atoms with E-state index in [0.717, 1.165) is 5.75 Å². The SMILES string of the molecule is COc1ccc(C)c(-c2ccc3ccccc3[n+]2C)c1. The highest BCUT2D eigenvalue weighted by molar-refractivity contribution is 5.78. The molecule has 2 heteroatoms. The van der Waals surface area contributed by atoms with Gasteiger partial charge in [-0.3, -0.25) is 0 Å². The van der Waals surface area contributed by atoms with Gasteiger partial charge < -0.3 is 4.74 Å². The predicted molar refractivity (Wildman–Crippen MR) is 81.8 cm³/mol. The maximum atomic E-state index is 5.35. The maximum Gasteiger partial charge on any atom is 0.213 e. The summed E-state index contributed by atoms with van der Waals surface area (Å²) in [5.74, 6) is 0.888. The smallest absolute Gasteiger partial charge is 0.213 e. The van der Waals surface area contributed by atoms with E-state index in [1.807, 2.05) is 6.07 Å². The fourth-order valence-corrected chi connectivity index (χ4v) is 2.62. The molecule has 0 aliphatic rings. The van der Waals surface area contributed by atoms with Gasteiger partial charge >= 0.3 is 0 Å². The highest BCUT2D eigenvalue weighted by Gasteiger charge is 2.15. The van der Waals surface area contributed by atoms with E-state index in [-0.39, 0.29) is 0 Å². The first-order valence-electron chi connectivity index (χ1n) is 6.73. The Morgan fingerprint density at radius 3 is 2.55 bits per heavy atom. The number of rotatable bonds is 2. The van der Waals surface area contributed by atoms with Gasteiger partial charge in [0.1, 0.15) is 12.8 Å². The lowest BCUT2D eigenvalue weighted by molar-refractivity contribution is -0.633. The highest BCUT2D eigenvalue weighted by Crippen LogP contribution is 2.26. The molecule has 0 aliphatic heterocycles. The summed E-state index contributed by atoms with van der Waals surface area (Å²) in [4.78, 5) is 0. The molecule has 0 amide bonds. The number of pyridine rings is 1. The largest absolute Gasteiger partial charge is 0.497 e. The molecule has 0 radical (unpaired) electrons. The molecular formula is C18H18NO+. The molecule has 0 aliphatic carbocycles. The van der Waals surface area contributed by atoms with E-state index < -0.39 is 0 Å². The van der Waals surface area contributed by atoms with Gasteiger partial charge in [0.15, 0.2) is 0 Å². The quantitative estimate of drug-likeness (QED) is 0.644. The molecule has 0 bridgehead atoms. The second-order valence-corrected chi connectivity index (χ2v) is 5.02. The number of methoxy groups -OCH3 is 1. The van der Waals surface area contributed by atoms with Crippen LogP contribution in [0.15, 0.2) is 54.6 Å². The van der Waals surface area contributed by atoms with Gasteiger partial charge in [-0.05, 0) is 36.8 Å². The molecule has 1 heterocycles. The second kappa shape index (κ2) is 4.97. The van der Waals surface area contributed by atoms with Gasteiger partial charge in [-0.2, -0.15) is 4.57 Å². The van der Waals surface area contributed by atoms with Crippen LogP contribution in [0.4, 0.5) is 0 Å². The molecule has 0 unspecified atom stereocenters. The second-order valence-electron chi connectivity index (χ2n) is 5.02. The summed E-state index contributed by atoms with van der Waals surface area (Å²) in [6, 6.07) is 19.0. The number of nitrogens with zero attached hydrogens (tertiary/aromatic N) is 1. The lowest BCUT2D eigenvalue weighted by Gasteiger charge is -2.08. The van der Waals surface area contributed by atoms with Gasteiger partial charge in [-0.25, -0.2) is 0 Å². The van der Waals surface area contributed by atoms with Crippen molar-refractivity contribution in [3.05, 3.63) is 60.2 Å². The first-order valence-corrected chi connectivity index (χ1v) is 6.73. The van der Waals surface area contributed by atoms with Crippen LogP contribution in [0.25, 0.3) is 22.2 Å². The molecule has 3 aromatic rings.